The number of aryl methyl sites for hydroxylation is 1. The number of nitrogens with one attached hydrogen (secondary N) is 1. The minimum Gasteiger partial charge on any atom is -0.352 e. The quantitative estimate of drug-likeness (QED) is 0.678. The lowest BCUT2D eigenvalue weighted by atomic mass is 10.0. The molecule has 2 fully saturated rings. The smallest absolute Gasteiger partial charge is 0.254 e. The van der Waals surface area contributed by atoms with Gasteiger partial charge in [-0.05, 0) is 38.0 Å². The first-order valence-electron chi connectivity index (χ1n) is 11.3. The second-order valence-corrected chi connectivity index (χ2v) is 8.85. The van der Waals surface area contributed by atoms with Crippen LogP contribution in [-0.2, 0) is 4.79 Å². The van der Waals surface area contributed by atoms with Gasteiger partial charge in [0.1, 0.15) is 0 Å². The van der Waals surface area contributed by atoms with Crippen molar-refractivity contribution in [2.75, 3.05) is 32.7 Å². The summed E-state index contributed by atoms with van der Waals surface area (Å²) in [6.45, 7) is 5.09. The molecule has 2 aliphatic rings. The van der Waals surface area contributed by atoms with Crippen molar-refractivity contribution in [3.05, 3.63) is 65.7 Å². The molecule has 2 heterocycles. The largest absolute Gasteiger partial charge is 0.352 e. The van der Waals surface area contributed by atoms with Crippen molar-refractivity contribution in [3.63, 3.8) is 0 Å². The molecule has 2 amide bonds. The Balaban J connectivity index is 1.37. The number of aromatic nitrogens is 1. The number of rotatable bonds is 5. The second-order valence-electron chi connectivity index (χ2n) is 8.85. The molecule has 0 atom stereocenters. The van der Waals surface area contributed by atoms with Gasteiger partial charge < -0.3 is 10.2 Å². The van der Waals surface area contributed by atoms with Gasteiger partial charge in [-0.15, -0.1) is 0 Å². The summed E-state index contributed by atoms with van der Waals surface area (Å²) in [5, 5.41) is 3.93. The van der Waals surface area contributed by atoms with E-state index in [-0.39, 0.29) is 11.8 Å². The highest BCUT2D eigenvalue weighted by atomic mass is 16.2. The molecule has 6 heteroatoms. The summed E-state index contributed by atoms with van der Waals surface area (Å²) in [6, 6.07) is 18.3. The van der Waals surface area contributed by atoms with Gasteiger partial charge in [-0.1, -0.05) is 42.0 Å². The first-order valence-corrected chi connectivity index (χ1v) is 11.3. The number of nitrogens with zero attached hydrogens (tertiary/aromatic N) is 3. The molecule has 32 heavy (non-hydrogen) atoms. The third kappa shape index (κ3) is 4.50. The van der Waals surface area contributed by atoms with Crippen LogP contribution < -0.4 is 5.32 Å². The molecule has 1 aromatic heterocycles. The fourth-order valence-corrected chi connectivity index (χ4v) is 4.26. The second kappa shape index (κ2) is 8.71. The van der Waals surface area contributed by atoms with Gasteiger partial charge in [0.25, 0.3) is 5.91 Å². The summed E-state index contributed by atoms with van der Waals surface area (Å²) < 4.78 is 0. The predicted octanol–water partition coefficient (Wildman–Crippen LogP) is 3.25. The lowest BCUT2D eigenvalue weighted by Gasteiger charge is -2.34. The van der Waals surface area contributed by atoms with Gasteiger partial charge in [0.05, 0.1) is 23.3 Å². The highest BCUT2D eigenvalue weighted by molar-refractivity contribution is 6.07. The molecule has 1 aliphatic carbocycles. The highest BCUT2D eigenvalue weighted by Gasteiger charge is 2.27. The van der Waals surface area contributed by atoms with E-state index in [1.165, 1.54) is 0 Å². The lowest BCUT2D eigenvalue weighted by Crippen LogP contribution is -2.51. The molecule has 0 bridgehead atoms. The van der Waals surface area contributed by atoms with E-state index in [9.17, 15) is 9.59 Å². The third-order valence-corrected chi connectivity index (χ3v) is 6.23. The Hall–Kier alpha value is -3.25. The van der Waals surface area contributed by atoms with Crippen molar-refractivity contribution >= 4 is 22.7 Å². The Kier molecular flexibility index (Phi) is 5.62. The molecule has 0 radical (unpaired) electrons. The number of hydrogen-bond acceptors (Lipinski definition) is 4. The number of carbonyl (C=O) groups excluding carboxylic acids is 2. The summed E-state index contributed by atoms with van der Waals surface area (Å²) in [6.07, 6.45) is 2.19. The lowest BCUT2D eigenvalue weighted by molar-refractivity contribution is -0.122. The summed E-state index contributed by atoms with van der Waals surface area (Å²) in [7, 11) is 0. The van der Waals surface area contributed by atoms with Crippen LogP contribution in [0, 0.1) is 6.92 Å². The van der Waals surface area contributed by atoms with Crippen LogP contribution in [0.3, 0.4) is 0 Å². The molecule has 1 saturated carbocycles. The first kappa shape index (κ1) is 20.6. The Bertz CT molecular complexity index is 1150. The Morgan fingerprint density at radius 2 is 1.75 bits per heavy atom. The third-order valence-electron chi connectivity index (χ3n) is 6.23. The molecule has 6 nitrogen and oxygen atoms in total. The number of carbonyl (C=O) groups is 2. The molecule has 0 spiro atoms. The maximum atomic E-state index is 13.6. The normalized spacial score (nSPS) is 16.8. The van der Waals surface area contributed by atoms with Crippen LogP contribution in [0.5, 0.6) is 0 Å². The van der Waals surface area contributed by atoms with Crippen molar-refractivity contribution in [2.45, 2.75) is 25.8 Å². The van der Waals surface area contributed by atoms with Gasteiger partial charge in [-0.3, -0.25) is 14.5 Å². The van der Waals surface area contributed by atoms with Gasteiger partial charge in [0, 0.05) is 43.2 Å². The van der Waals surface area contributed by atoms with Gasteiger partial charge >= 0.3 is 0 Å². The molecule has 1 aliphatic heterocycles. The van der Waals surface area contributed by atoms with Crippen LogP contribution in [-0.4, -0.2) is 65.4 Å². The molecule has 2 aromatic carbocycles. The van der Waals surface area contributed by atoms with Crippen LogP contribution >= 0.6 is 0 Å². The van der Waals surface area contributed by atoms with Crippen molar-refractivity contribution in [1.29, 1.82) is 0 Å². The van der Waals surface area contributed by atoms with Gasteiger partial charge in [-0.25, -0.2) is 4.98 Å². The van der Waals surface area contributed by atoms with Crippen molar-refractivity contribution in [1.82, 2.24) is 20.1 Å². The van der Waals surface area contributed by atoms with Gasteiger partial charge in [0.15, 0.2) is 0 Å². The fourth-order valence-electron chi connectivity index (χ4n) is 4.26. The average molecular weight is 429 g/mol. The van der Waals surface area contributed by atoms with E-state index in [2.05, 4.69) is 10.2 Å². The minimum atomic E-state index is 0.0299. The number of fused-ring (bicyclic) bond motifs is 1. The Morgan fingerprint density at radius 3 is 2.47 bits per heavy atom. The van der Waals surface area contributed by atoms with Crippen LogP contribution in [0.4, 0.5) is 0 Å². The highest BCUT2D eigenvalue weighted by Crippen LogP contribution is 2.27. The molecule has 5 rings (SSSR count). The molecule has 1 N–H and O–H groups in total. The molecule has 0 unspecified atom stereocenters. The van der Waals surface area contributed by atoms with E-state index in [1.54, 1.807) is 0 Å². The van der Waals surface area contributed by atoms with E-state index >= 15 is 0 Å². The summed E-state index contributed by atoms with van der Waals surface area (Å²) >= 11 is 0. The molecular formula is C26H28N4O2. The number of benzene rings is 2. The monoisotopic (exact) mass is 428 g/mol. The summed E-state index contributed by atoms with van der Waals surface area (Å²) in [5.74, 6) is 0.123. The first-order chi connectivity index (χ1) is 15.6. The fraction of sp³-hybridized carbons (Fsp3) is 0.346. The Labute approximate surface area is 188 Å². The zero-order valence-electron chi connectivity index (χ0n) is 18.4. The Morgan fingerprint density at radius 1 is 1.00 bits per heavy atom. The van der Waals surface area contributed by atoms with Crippen molar-refractivity contribution in [2.24, 2.45) is 0 Å². The van der Waals surface area contributed by atoms with Crippen LogP contribution in [0.25, 0.3) is 22.2 Å². The van der Waals surface area contributed by atoms with Gasteiger partial charge in [-0.2, -0.15) is 0 Å². The summed E-state index contributed by atoms with van der Waals surface area (Å²) in [5.41, 5.74) is 4.43. The van der Waals surface area contributed by atoms with E-state index in [1.807, 2.05) is 66.4 Å². The van der Waals surface area contributed by atoms with Crippen molar-refractivity contribution in [3.8, 4) is 11.3 Å². The maximum absolute atomic E-state index is 13.6. The molecule has 3 aromatic rings. The molecular weight excluding hydrogens is 400 g/mol. The van der Waals surface area contributed by atoms with E-state index < -0.39 is 0 Å². The van der Waals surface area contributed by atoms with E-state index in [0.29, 0.717) is 44.3 Å². The van der Waals surface area contributed by atoms with Gasteiger partial charge in [0.2, 0.25) is 5.91 Å². The zero-order valence-corrected chi connectivity index (χ0v) is 18.4. The minimum absolute atomic E-state index is 0.0299. The van der Waals surface area contributed by atoms with Crippen LogP contribution in [0.15, 0.2) is 54.6 Å². The molecule has 164 valence electrons. The molecule has 1 saturated heterocycles. The topological polar surface area (TPSA) is 65.5 Å². The SMILES string of the molecule is Cc1ccc2nc(-c3ccccc3)cc(C(=O)N3CCN(CC(=O)NC4CC4)CC3)c2c1. The number of pyridine rings is 1. The average Bonchev–Trinajstić information content (AvgIpc) is 3.63. The number of amides is 2. The predicted molar refractivity (Wildman–Crippen MR) is 125 cm³/mol. The van der Waals surface area contributed by atoms with Crippen LogP contribution in [0.2, 0.25) is 0 Å². The standard InChI is InChI=1S/C26H28N4O2/c1-18-7-10-23-21(15-18)22(16-24(28-23)19-5-3-2-4-6-19)26(32)30-13-11-29(12-14-30)17-25(31)27-20-8-9-20/h2-7,10,15-16,20H,8-9,11-14,17H2,1H3,(H,27,31). The van der Waals surface area contributed by atoms with E-state index in [4.69, 9.17) is 4.98 Å². The van der Waals surface area contributed by atoms with E-state index in [0.717, 1.165) is 40.6 Å². The van der Waals surface area contributed by atoms with Crippen LogP contribution in [0.1, 0.15) is 28.8 Å². The van der Waals surface area contributed by atoms with Crippen molar-refractivity contribution < 1.29 is 9.59 Å². The number of piperazine rings is 1. The zero-order chi connectivity index (χ0) is 22.1. The number of hydrogen-bond donors (Lipinski definition) is 1. The summed E-state index contributed by atoms with van der Waals surface area (Å²) in [4.78, 5) is 34.6. The maximum Gasteiger partial charge on any atom is 0.254 e.